The first-order chi connectivity index (χ1) is 6.66. The van der Waals surface area contributed by atoms with E-state index < -0.39 is 0 Å². The number of hydrogen-bond donors (Lipinski definition) is 3. The molecule has 0 heterocycles. The van der Waals surface area contributed by atoms with Crippen molar-refractivity contribution in [2.75, 3.05) is 13.2 Å². The second kappa shape index (κ2) is 8.34. The Hall–Kier alpha value is -1.26. The van der Waals surface area contributed by atoms with Gasteiger partial charge in [-0.2, -0.15) is 0 Å². The lowest BCUT2D eigenvalue weighted by atomic mass is 10.3. The second-order valence-electron chi connectivity index (χ2n) is 3.02. The third-order valence-electron chi connectivity index (χ3n) is 1.60. The lowest BCUT2D eigenvalue weighted by molar-refractivity contribution is -0.143. The fourth-order valence-electron chi connectivity index (χ4n) is 0.912. The molecule has 0 aromatic carbocycles. The van der Waals surface area contributed by atoms with E-state index in [1.807, 2.05) is 6.92 Å². The summed E-state index contributed by atoms with van der Waals surface area (Å²) in [7, 11) is 0. The molecule has 4 N–H and O–H groups in total. The average Bonchev–Trinajstić information content (AvgIpc) is 2.11. The van der Waals surface area contributed by atoms with E-state index in [-0.39, 0.29) is 11.9 Å². The van der Waals surface area contributed by atoms with Gasteiger partial charge in [0.25, 0.3) is 0 Å². The van der Waals surface area contributed by atoms with Crippen molar-refractivity contribution in [3.8, 4) is 0 Å². The van der Waals surface area contributed by atoms with Crippen molar-refractivity contribution in [3.05, 3.63) is 0 Å². The predicted molar refractivity (Wildman–Crippen MR) is 55.0 cm³/mol. The van der Waals surface area contributed by atoms with Crippen molar-refractivity contribution in [1.82, 2.24) is 5.32 Å². The summed E-state index contributed by atoms with van der Waals surface area (Å²) in [4.78, 5) is 10.9. The zero-order valence-corrected chi connectivity index (χ0v) is 8.64. The molecule has 0 unspecified atom stereocenters. The first-order valence-electron chi connectivity index (χ1n) is 4.90. The summed E-state index contributed by atoms with van der Waals surface area (Å²) in [6, 6.07) is 0. The Kier molecular flexibility index (Phi) is 7.59. The molecule has 0 fully saturated rings. The van der Waals surface area contributed by atoms with Crippen molar-refractivity contribution in [1.29, 1.82) is 5.41 Å². The van der Waals surface area contributed by atoms with E-state index in [1.165, 1.54) is 0 Å². The molecular formula is C9H19N3O2. The average molecular weight is 201 g/mol. The number of carbonyl (C=O) groups is 1. The SMILES string of the molecule is CCCC(=O)OCCCCNC(=N)N. The molecule has 0 aromatic rings. The van der Waals surface area contributed by atoms with Crippen molar-refractivity contribution < 1.29 is 9.53 Å². The van der Waals surface area contributed by atoms with Crippen LogP contribution in [-0.4, -0.2) is 25.1 Å². The zero-order chi connectivity index (χ0) is 10.8. The standard InChI is InChI=1S/C9H19N3O2/c1-2-5-8(13)14-7-4-3-6-12-9(10)11/h2-7H2,1H3,(H4,10,11,12). The van der Waals surface area contributed by atoms with Crippen LogP contribution in [0.1, 0.15) is 32.6 Å². The first-order valence-corrected chi connectivity index (χ1v) is 4.90. The quantitative estimate of drug-likeness (QED) is 0.243. The maximum Gasteiger partial charge on any atom is 0.305 e. The van der Waals surface area contributed by atoms with Crippen molar-refractivity contribution >= 4 is 11.9 Å². The Morgan fingerprint density at radius 2 is 2.21 bits per heavy atom. The minimum atomic E-state index is -0.132. The van der Waals surface area contributed by atoms with Gasteiger partial charge in [-0.1, -0.05) is 6.92 Å². The molecule has 0 spiro atoms. The van der Waals surface area contributed by atoms with Gasteiger partial charge in [-0.25, -0.2) is 0 Å². The Morgan fingerprint density at radius 1 is 1.50 bits per heavy atom. The van der Waals surface area contributed by atoms with Crippen LogP contribution in [0.2, 0.25) is 0 Å². The van der Waals surface area contributed by atoms with Crippen LogP contribution in [0, 0.1) is 5.41 Å². The van der Waals surface area contributed by atoms with Crippen molar-refractivity contribution in [2.24, 2.45) is 5.73 Å². The third kappa shape index (κ3) is 8.83. The van der Waals surface area contributed by atoms with Gasteiger partial charge in [0.2, 0.25) is 0 Å². The van der Waals surface area contributed by atoms with Gasteiger partial charge in [0.05, 0.1) is 6.61 Å². The molecule has 0 saturated heterocycles. The molecule has 5 heteroatoms. The van der Waals surface area contributed by atoms with Crippen LogP contribution >= 0.6 is 0 Å². The topological polar surface area (TPSA) is 88.2 Å². The Balaban J connectivity index is 3.13. The summed E-state index contributed by atoms with van der Waals surface area (Å²) in [5.41, 5.74) is 5.08. The van der Waals surface area contributed by atoms with Crippen LogP contribution in [0.5, 0.6) is 0 Å². The van der Waals surface area contributed by atoms with E-state index in [1.54, 1.807) is 0 Å². The van der Waals surface area contributed by atoms with Crippen molar-refractivity contribution in [3.63, 3.8) is 0 Å². The minimum absolute atomic E-state index is 0.0204. The summed E-state index contributed by atoms with van der Waals surface area (Å²) in [5, 5.41) is 9.56. The number of guanidine groups is 1. The Labute approximate surface area is 84.5 Å². The van der Waals surface area contributed by atoms with E-state index in [2.05, 4.69) is 5.32 Å². The van der Waals surface area contributed by atoms with Gasteiger partial charge in [0.15, 0.2) is 5.96 Å². The van der Waals surface area contributed by atoms with Crippen molar-refractivity contribution in [2.45, 2.75) is 32.6 Å². The van der Waals surface area contributed by atoms with Gasteiger partial charge in [-0.15, -0.1) is 0 Å². The Morgan fingerprint density at radius 3 is 2.79 bits per heavy atom. The van der Waals surface area contributed by atoms with E-state index >= 15 is 0 Å². The van der Waals surface area contributed by atoms with Crippen LogP contribution in [0.3, 0.4) is 0 Å². The van der Waals surface area contributed by atoms with Crippen LogP contribution in [0.4, 0.5) is 0 Å². The predicted octanol–water partition coefficient (Wildman–Crippen LogP) is 0.593. The highest BCUT2D eigenvalue weighted by Crippen LogP contribution is 1.94. The summed E-state index contributed by atoms with van der Waals surface area (Å²) in [6.45, 7) is 3.05. The largest absolute Gasteiger partial charge is 0.466 e. The van der Waals surface area contributed by atoms with Gasteiger partial charge in [-0.05, 0) is 19.3 Å². The highest BCUT2D eigenvalue weighted by atomic mass is 16.5. The summed E-state index contributed by atoms with van der Waals surface area (Å²) in [6.07, 6.45) is 2.96. The molecule has 5 nitrogen and oxygen atoms in total. The van der Waals surface area contributed by atoms with Crippen LogP contribution in [0.15, 0.2) is 0 Å². The highest BCUT2D eigenvalue weighted by molar-refractivity contribution is 5.74. The van der Waals surface area contributed by atoms with E-state index in [9.17, 15) is 4.79 Å². The summed E-state index contributed by atoms with van der Waals surface area (Å²) >= 11 is 0. The fourth-order valence-corrected chi connectivity index (χ4v) is 0.912. The first kappa shape index (κ1) is 12.7. The zero-order valence-electron chi connectivity index (χ0n) is 8.64. The number of rotatable bonds is 7. The number of esters is 1. The number of hydrogen-bond acceptors (Lipinski definition) is 3. The normalized spacial score (nSPS) is 9.50. The number of unbranched alkanes of at least 4 members (excludes halogenated alkanes) is 1. The maximum absolute atomic E-state index is 10.9. The molecule has 82 valence electrons. The molecule has 0 atom stereocenters. The molecule has 0 aromatic heterocycles. The van der Waals surface area contributed by atoms with Gasteiger partial charge < -0.3 is 15.8 Å². The summed E-state index contributed by atoms with van der Waals surface area (Å²) < 4.78 is 4.94. The molecule has 0 aliphatic rings. The van der Waals surface area contributed by atoms with Gasteiger partial charge >= 0.3 is 5.97 Å². The summed E-state index contributed by atoms with van der Waals surface area (Å²) in [5.74, 6) is -0.153. The minimum Gasteiger partial charge on any atom is -0.466 e. The van der Waals surface area contributed by atoms with Crippen LogP contribution in [-0.2, 0) is 9.53 Å². The number of ether oxygens (including phenoxy) is 1. The highest BCUT2D eigenvalue weighted by Gasteiger charge is 1.99. The number of carbonyl (C=O) groups excluding carboxylic acids is 1. The van der Waals surface area contributed by atoms with Crippen LogP contribution < -0.4 is 11.1 Å². The molecule has 14 heavy (non-hydrogen) atoms. The Bertz CT molecular complexity index is 183. The van der Waals surface area contributed by atoms with E-state index in [0.29, 0.717) is 19.6 Å². The number of nitrogens with two attached hydrogens (primary N) is 1. The fraction of sp³-hybridized carbons (Fsp3) is 0.778. The van der Waals surface area contributed by atoms with Crippen LogP contribution in [0.25, 0.3) is 0 Å². The van der Waals surface area contributed by atoms with Gasteiger partial charge in [-0.3, -0.25) is 10.2 Å². The molecule has 0 bridgehead atoms. The molecule has 0 saturated carbocycles. The van der Waals surface area contributed by atoms with Gasteiger partial charge in [0.1, 0.15) is 0 Å². The lowest BCUT2D eigenvalue weighted by Crippen LogP contribution is -2.31. The molecule has 0 aliphatic carbocycles. The smallest absolute Gasteiger partial charge is 0.305 e. The second-order valence-corrected chi connectivity index (χ2v) is 3.02. The number of nitrogens with one attached hydrogen (secondary N) is 2. The molecule has 0 rings (SSSR count). The van der Waals surface area contributed by atoms with Gasteiger partial charge in [0, 0.05) is 13.0 Å². The molecular weight excluding hydrogens is 182 g/mol. The van der Waals surface area contributed by atoms with E-state index in [0.717, 1.165) is 19.3 Å². The monoisotopic (exact) mass is 201 g/mol. The van der Waals surface area contributed by atoms with E-state index in [4.69, 9.17) is 15.9 Å². The molecule has 0 aliphatic heterocycles. The third-order valence-corrected chi connectivity index (χ3v) is 1.60. The maximum atomic E-state index is 10.9. The lowest BCUT2D eigenvalue weighted by Gasteiger charge is -2.04. The molecule has 0 amide bonds. The molecule has 0 radical (unpaired) electrons.